The molecule has 1 saturated carbocycles. The fraction of sp³-hybridized carbons (Fsp3) is 0.250. The van der Waals surface area contributed by atoms with Gasteiger partial charge in [0.05, 0.1) is 0 Å². The van der Waals surface area contributed by atoms with Crippen molar-refractivity contribution in [2.45, 2.75) is 25.3 Å². The van der Waals surface area contributed by atoms with E-state index < -0.39 is 0 Å². The van der Waals surface area contributed by atoms with E-state index in [0.29, 0.717) is 5.69 Å². The summed E-state index contributed by atoms with van der Waals surface area (Å²) in [6.45, 7) is 1.76. The van der Waals surface area contributed by atoms with Crippen LogP contribution in [0.3, 0.4) is 0 Å². The smallest absolute Gasteiger partial charge is 0.260 e. The van der Waals surface area contributed by atoms with Crippen molar-refractivity contribution < 1.29 is 9.18 Å². The van der Waals surface area contributed by atoms with Crippen molar-refractivity contribution in [3.05, 3.63) is 69.4 Å². The predicted molar refractivity (Wildman–Crippen MR) is 76.8 cm³/mol. The molecule has 2 N–H and O–H groups in total. The molecular formula is C16H15FN2O2. The number of aryl methyl sites for hydroxylation is 1. The van der Waals surface area contributed by atoms with Crippen LogP contribution in [0.4, 0.5) is 4.39 Å². The normalized spacial score (nSPS) is 20.1. The Labute approximate surface area is 121 Å². The summed E-state index contributed by atoms with van der Waals surface area (Å²) in [5.74, 6) is -0.448. The Kier molecular flexibility index (Phi) is 3.33. The molecule has 1 heterocycles. The van der Waals surface area contributed by atoms with Gasteiger partial charge in [-0.1, -0.05) is 12.1 Å². The molecule has 0 spiro atoms. The van der Waals surface area contributed by atoms with Gasteiger partial charge < -0.3 is 10.3 Å². The van der Waals surface area contributed by atoms with Crippen molar-refractivity contribution in [1.29, 1.82) is 0 Å². The van der Waals surface area contributed by atoms with Gasteiger partial charge in [-0.15, -0.1) is 0 Å². The van der Waals surface area contributed by atoms with Gasteiger partial charge in [0.2, 0.25) is 0 Å². The maximum atomic E-state index is 12.9. The maximum Gasteiger partial charge on any atom is 0.260 e. The first-order chi connectivity index (χ1) is 10.0. The Hall–Kier alpha value is -2.43. The molecule has 1 amide bonds. The Morgan fingerprint density at radius 2 is 1.95 bits per heavy atom. The van der Waals surface area contributed by atoms with Crippen LogP contribution in [0, 0.1) is 12.7 Å². The molecule has 108 valence electrons. The zero-order valence-electron chi connectivity index (χ0n) is 11.5. The lowest BCUT2D eigenvalue weighted by Crippen LogP contribution is -2.31. The zero-order valence-corrected chi connectivity index (χ0v) is 11.5. The van der Waals surface area contributed by atoms with Crippen LogP contribution in [-0.4, -0.2) is 16.9 Å². The molecule has 1 fully saturated rings. The van der Waals surface area contributed by atoms with E-state index in [9.17, 15) is 14.0 Å². The van der Waals surface area contributed by atoms with Gasteiger partial charge in [-0.25, -0.2) is 4.39 Å². The fourth-order valence-corrected chi connectivity index (χ4v) is 2.43. The molecular weight excluding hydrogens is 271 g/mol. The Balaban J connectivity index is 1.67. The van der Waals surface area contributed by atoms with Gasteiger partial charge in [0, 0.05) is 17.7 Å². The van der Waals surface area contributed by atoms with Crippen LogP contribution < -0.4 is 10.9 Å². The summed E-state index contributed by atoms with van der Waals surface area (Å²) < 4.78 is 12.9. The van der Waals surface area contributed by atoms with Crippen molar-refractivity contribution in [2.24, 2.45) is 0 Å². The number of hydrogen-bond acceptors (Lipinski definition) is 2. The number of nitrogens with one attached hydrogen (secondary N) is 2. The lowest BCUT2D eigenvalue weighted by atomic mass is 10.1. The van der Waals surface area contributed by atoms with Crippen LogP contribution >= 0.6 is 0 Å². The van der Waals surface area contributed by atoms with Gasteiger partial charge in [-0.05, 0) is 43.2 Å². The second-order valence-corrected chi connectivity index (χ2v) is 5.36. The van der Waals surface area contributed by atoms with Gasteiger partial charge >= 0.3 is 0 Å². The number of carbonyl (C=O) groups is 1. The summed E-state index contributed by atoms with van der Waals surface area (Å²) in [6.07, 6.45) is 0.807. The summed E-state index contributed by atoms with van der Waals surface area (Å²) >= 11 is 0. The van der Waals surface area contributed by atoms with E-state index in [1.807, 2.05) is 0 Å². The second-order valence-electron chi connectivity index (χ2n) is 5.36. The molecule has 2 aromatic rings. The average molecular weight is 286 g/mol. The standard InChI is InChI=1S/C16H15FN2O2/c1-9-2-7-12(15(20)18-9)16(21)19-14-8-13(14)10-3-5-11(17)6-4-10/h2-7,13-14H,8H2,1H3,(H,18,20)(H,19,21)/t13-,14-/m0/s1. The van der Waals surface area contributed by atoms with Crippen LogP contribution in [0.25, 0.3) is 0 Å². The third-order valence-electron chi connectivity index (χ3n) is 3.71. The first-order valence-electron chi connectivity index (χ1n) is 6.81. The molecule has 0 unspecified atom stereocenters. The van der Waals surface area contributed by atoms with E-state index in [2.05, 4.69) is 10.3 Å². The van der Waals surface area contributed by atoms with Crippen molar-refractivity contribution in [3.8, 4) is 0 Å². The van der Waals surface area contributed by atoms with Crippen LogP contribution in [0.1, 0.15) is 34.0 Å². The summed E-state index contributed by atoms with van der Waals surface area (Å²) in [5.41, 5.74) is 1.45. The molecule has 4 nitrogen and oxygen atoms in total. The number of pyridine rings is 1. The maximum absolute atomic E-state index is 12.9. The third-order valence-corrected chi connectivity index (χ3v) is 3.71. The van der Waals surface area contributed by atoms with E-state index in [-0.39, 0.29) is 34.8 Å². The Morgan fingerprint density at radius 3 is 2.62 bits per heavy atom. The van der Waals surface area contributed by atoms with Gasteiger partial charge in [-0.2, -0.15) is 0 Å². The highest BCUT2D eigenvalue weighted by molar-refractivity contribution is 5.94. The summed E-state index contributed by atoms with van der Waals surface area (Å²) in [5, 5.41) is 2.84. The third kappa shape index (κ3) is 2.86. The Bertz CT molecular complexity index is 737. The molecule has 21 heavy (non-hydrogen) atoms. The number of aromatic nitrogens is 1. The van der Waals surface area contributed by atoms with E-state index in [4.69, 9.17) is 0 Å². The molecule has 2 atom stereocenters. The largest absolute Gasteiger partial charge is 0.348 e. The molecule has 1 aromatic carbocycles. The molecule has 1 aliphatic carbocycles. The monoisotopic (exact) mass is 286 g/mol. The van der Waals surface area contributed by atoms with Crippen molar-refractivity contribution in [2.75, 3.05) is 0 Å². The van der Waals surface area contributed by atoms with Gasteiger partial charge in [0.15, 0.2) is 0 Å². The molecule has 3 rings (SSSR count). The van der Waals surface area contributed by atoms with Crippen LogP contribution in [0.2, 0.25) is 0 Å². The number of rotatable bonds is 3. The van der Waals surface area contributed by atoms with Crippen LogP contribution in [0.15, 0.2) is 41.2 Å². The number of hydrogen-bond donors (Lipinski definition) is 2. The quantitative estimate of drug-likeness (QED) is 0.907. The molecule has 5 heteroatoms. The number of aromatic amines is 1. The minimum absolute atomic E-state index is 0.00339. The van der Waals surface area contributed by atoms with Crippen molar-refractivity contribution in [1.82, 2.24) is 10.3 Å². The highest BCUT2D eigenvalue weighted by atomic mass is 19.1. The van der Waals surface area contributed by atoms with Gasteiger partial charge in [0.1, 0.15) is 11.4 Å². The van der Waals surface area contributed by atoms with E-state index in [1.165, 1.54) is 18.2 Å². The number of amides is 1. The SMILES string of the molecule is Cc1ccc(C(=O)N[C@H]2C[C@H]2c2ccc(F)cc2)c(=O)[nH]1. The Morgan fingerprint density at radius 1 is 1.24 bits per heavy atom. The van der Waals surface area contributed by atoms with Gasteiger partial charge in [-0.3, -0.25) is 9.59 Å². The minimum Gasteiger partial charge on any atom is -0.348 e. The number of benzene rings is 1. The number of halogens is 1. The van der Waals surface area contributed by atoms with Crippen LogP contribution in [-0.2, 0) is 0 Å². The molecule has 0 saturated heterocycles. The van der Waals surface area contributed by atoms with E-state index in [1.54, 1.807) is 25.1 Å². The molecule has 0 bridgehead atoms. The lowest BCUT2D eigenvalue weighted by Gasteiger charge is -2.05. The zero-order chi connectivity index (χ0) is 15.0. The highest BCUT2D eigenvalue weighted by Gasteiger charge is 2.39. The van der Waals surface area contributed by atoms with Crippen LogP contribution in [0.5, 0.6) is 0 Å². The molecule has 1 aliphatic rings. The first-order valence-corrected chi connectivity index (χ1v) is 6.81. The molecule has 1 aromatic heterocycles. The average Bonchev–Trinajstić information content (AvgIpc) is 3.18. The van der Waals surface area contributed by atoms with Crippen molar-refractivity contribution in [3.63, 3.8) is 0 Å². The lowest BCUT2D eigenvalue weighted by molar-refractivity contribution is 0.0949. The predicted octanol–water partition coefficient (Wildman–Crippen LogP) is 2.11. The fourth-order valence-electron chi connectivity index (χ4n) is 2.43. The summed E-state index contributed by atoms with van der Waals surface area (Å²) in [7, 11) is 0. The van der Waals surface area contributed by atoms with E-state index >= 15 is 0 Å². The van der Waals surface area contributed by atoms with Gasteiger partial charge in [0.25, 0.3) is 11.5 Å². The minimum atomic E-state index is -0.383. The van der Waals surface area contributed by atoms with E-state index in [0.717, 1.165) is 12.0 Å². The highest BCUT2D eigenvalue weighted by Crippen LogP contribution is 2.40. The summed E-state index contributed by atoms with van der Waals surface area (Å²) in [4.78, 5) is 26.4. The summed E-state index contributed by atoms with van der Waals surface area (Å²) in [6, 6.07) is 9.51. The molecule has 0 aliphatic heterocycles. The van der Waals surface area contributed by atoms with Crippen molar-refractivity contribution >= 4 is 5.91 Å². The number of H-pyrrole nitrogens is 1. The first kappa shape index (κ1) is 13.5. The second kappa shape index (κ2) is 5.16. The number of carbonyl (C=O) groups excluding carboxylic acids is 1. The molecule has 0 radical (unpaired) electrons. The topological polar surface area (TPSA) is 62.0 Å².